The molecule has 0 saturated heterocycles. The molecule has 6 nitrogen and oxygen atoms in total. The summed E-state index contributed by atoms with van der Waals surface area (Å²) < 4.78 is 0. The molecule has 0 fully saturated rings. The van der Waals surface area contributed by atoms with Gasteiger partial charge in [0.2, 0.25) is 17.7 Å². The van der Waals surface area contributed by atoms with Crippen LogP contribution in [0.5, 0.6) is 0 Å². The van der Waals surface area contributed by atoms with Gasteiger partial charge in [0.05, 0.1) is 17.4 Å². The maximum Gasteiger partial charge on any atom is 0.244 e. The van der Waals surface area contributed by atoms with Gasteiger partial charge in [0.1, 0.15) is 6.54 Å². The number of hydrogen-bond donors (Lipinski definition) is 2. The first-order valence-electron chi connectivity index (χ1n) is 9.93. The van der Waals surface area contributed by atoms with Crippen molar-refractivity contribution >= 4 is 29.1 Å². The molecule has 0 aliphatic carbocycles. The molecule has 3 amide bonds. The summed E-state index contributed by atoms with van der Waals surface area (Å²) in [6.45, 7) is 6.18. The quantitative estimate of drug-likeness (QED) is 0.784. The number of carbonyl (C=O) groups is 3. The molecular weight excluding hydrogens is 366 g/mol. The second-order valence-electron chi connectivity index (χ2n) is 7.66. The van der Waals surface area contributed by atoms with Crippen LogP contribution in [0.4, 0.5) is 11.4 Å². The molecule has 1 aliphatic rings. The predicted molar refractivity (Wildman–Crippen MR) is 114 cm³/mol. The monoisotopic (exact) mass is 393 g/mol. The molecule has 3 rings (SSSR count). The normalized spacial score (nSPS) is 14.2. The number of carbonyl (C=O) groups excluding carboxylic acids is 3. The molecule has 29 heavy (non-hydrogen) atoms. The molecule has 1 aliphatic heterocycles. The Morgan fingerprint density at radius 1 is 1.00 bits per heavy atom. The average molecular weight is 393 g/mol. The Morgan fingerprint density at radius 3 is 2.34 bits per heavy atom. The SMILES string of the molecule is CC(C)c1ccc(C(C)NC(=O)CCC(=O)N2CC(=O)Nc3ccccc32)cc1. The molecule has 1 heterocycles. The van der Waals surface area contributed by atoms with Crippen molar-refractivity contribution in [3.8, 4) is 0 Å². The van der Waals surface area contributed by atoms with Crippen LogP contribution in [0.25, 0.3) is 0 Å². The molecule has 0 saturated carbocycles. The van der Waals surface area contributed by atoms with Crippen LogP contribution in [0.2, 0.25) is 0 Å². The number of nitrogens with one attached hydrogen (secondary N) is 2. The number of amides is 3. The highest BCUT2D eigenvalue weighted by atomic mass is 16.2. The van der Waals surface area contributed by atoms with Crippen molar-refractivity contribution in [1.29, 1.82) is 0 Å². The maximum atomic E-state index is 12.6. The third kappa shape index (κ3) is 5.02. The molecule has 1 unspecified atom stereocenters. The van der Waals surface area contributed by atoms with Crippen LogP contribution in [-0.4, -0.2) is 24.3 Å². The number of para-hydroxylation sites is 2. The van der Waals surface area contributed by atoms with Crippen LogP contribution < -0.4 is 15.5 Å². The highest BCUT2D eigenvalue weighted by Crippen LogP contribution is 2.29. The molecule has 2 aromatic carbocycles. The summed E-state index contributed by atoms with van der Waals surface area (Å²) in [7, 11) is 0. The fraction of sp³-hybridized carbons (Fsp3) is 0.348. The van der Waals surface area contributed by atoms with Gasteiger partial charge in [0.15, 0.2) is 0 Å². The Hall–Kier alpha value is -3.15. The van der Waals surface area contributed by atoms with E-state index in [4.69, 9.17) is 0 Å². The zero-order valence-corrected chi connectivity index (χ0v) is 17.1. The van der Waals surface area contributed by atoms with Crippen LogP contribution in [0.3, 0.4) is 0 Å². The highest BCUT2D eigenvalue weighted by Gasteiger charge is 2.26. The van der Waals surface area contributed by atoms with Crippen molar-refractivity contribution in [3.63, 3.8) is 0 Å². The molecule has 0 bridgehead atoms. The topological polar surface area (TPSA) is 78.5 Å². The first-order chi connectivity index (χ1) is 13.8. The lowest BCUT2D eigenvalue weighted by atomic mass is 9.99. The van der Waals surface area contributed by atoms with Crippen molar-refractivity contribution < 1.29 is 14.4 Å². The Labute approximate surface area is 171 Å². The molecule has 6 heteroatoms. The molecule has 0 aromatic heterocycles. The smallest absolute Gasteiger partial charge is 0.244 e. The fourth-order valence-corrected chi connectivity index (χ4v) is 3.38. The van der Waals surface area contributed by atoms with Gasteiger partial charge in [-0.1, -0.05) is 50.2 Å². The van der Waals surface area contributed by atoms with Gasteiger partial charge in [-0.05, 0) is 36.1 Å². The standard InChI is InChI=1S/C23H27N3O3/c1-15(2)17-8-10-18(11-9-17)16(3)24-21(27)12-13-23(29)26-14-22(28)25-19-6-4-5-7-20(19)26/h4-11,15-16H,12-14H2,1-3H3,(H,24,27)(H,25,28). The lowest BCUT2D eigenvalue weighted by Crippen LogP contribution is -2.42. The van der Waals surface area contributed by atoms with E-state index in [0.29, 0.717) is 17.3 Å². The molecule has 152 valence electrons. The Bertz CT molecular complexity index is 906. The third-order valence-electron chi connectivity index (χ3n) is 5.12. The molecule has 1 atom stereocenters. The van der Waals surface area contributed by atoms with Gasteiger partial charge in [-0.25, -0.2) is 0 Å². The first kappa shape index (κ1) is 20.6. The van der Waals surface area contributed by atoms with Gasteiger partial charge < -0.3 is 15.5 Å². The Morgan fingerprint density at radius 2 is 1.66 bits per heavy atom. The molecule has 2 N–H and O–H groups in total. The third-order valence-corrected chi connectivity index (χ3v) is 5.12. The van der Waals surface area contributed by atoms with Gasteiger partial charge in [0.25, 0.3) is 0 Å². The predicted octanol–water partition coefficient (Wildman–Crippen LogP) is 3.75. The maximum absolute atomic E-state index is 12.6. The van der Waals surface area contributed by atoms with E-state index in [9.17, 15) is 14.4 Å². The van der Waals surface area contributed by atoms with E-state index in [1.807, 2.05) is 25.1 Å². The first-order valence-corrected chi connectivity index (χ1v) is 9.93. The minimum atomic E-state index is -0.239. The zero-order chi connectivity index (χ0) is 21.0. The van der Waals surface area contributed by atoms with E-state index in [2.05, 4.69) is 36.6 Å². The van der Waals surface area contributed by atoms with Gasteiger partial charge in [-0.15, -0.1) is 0 Å². The zero-order valence-electron chi connectivity index (χ0n) is 17.1. The number of nitrogens with zero attached hydrogens (tertiary/aromatic N) is 1. The van der Waals surface area contributed by atoms with E-state index < -0.39 is 0 Å². The van der Waals surface area contributed by atoms with Crippen LogP contribution >= 0.6 is 0 Å². The fourth-order valence-electron chi connectivity index (χ4n) is 3.38. The van der Waals surface area contributed by atoms with Crippen LogP contribution in [0.15, 0.2) is 48.5 Å². The summed E-state index contributed by atoms with van der Waals surface area (Å²) in [5, 5.41) is 5.69. The molecular formula is C23H27N3O3. The average Bonchev–Trinajstić information content (AvgIpc) is 2.71. The number of anilines is 2. The summed E-state index contributed by atoms with van der Waals surface area (Å²) in [6, 6.07) is 15.2. The van der Waals surface area contributed by atoms with Crippen LogP contribution in [0.1, 0.15) is 56.7 Å². The van der Waals surface area contributed by atoms with E-state index in [-0.39, 0.29) is 43.1 Å². The second kappa shape index (κ2) is 8.90. The summed E-state index contributed by atoms with van der Waals surface area (Å²) >= 11 is 0. The summed E-state index contributed by atoms with van der Waals surface area (Å²) in [4.78, 5) is 38.3. The van der Waals surface area contributed by atoms with Crippen molar-refractivity contribution in [2.75, 3.05) is 16.8 Å². The second-order valence-corrected chi connectivity index (χ2v) is 7.66. The largest absolute Gasteiger partial charge is 0.350 e. The number of fused-ring (bicyclic) bond motifs is 1. The Kier molecular flexibility index (Phi) is 6.32. The number of benzene rings is 2. The summed E-state index contributed by atoms with van der Waals surface area (Å²) in [5.74, 6) is -0.202. The molecule has 0 radical (unpaired) electrons. The lowest BCUT2D eigenvalue weighted by molar-refractivity contribution is -0.126. The van der Waals surface area contributed by atoms with Crippen molar-refractivity contribution in [1.82, 2.24) is 5.32 Å². The van der Waals surface area contributed by atoms with Crippen molar-refractivity contribution in [3.05, 3.63) is 59.7 Å². The van der Waals surface area contributed by atoms with E-state index in [1.165, 1.54) is 10.5 Å². The molecule has 2 aromatic rings. The highest BCUT2D eigenvalue weighted by molar-refractivity contribution is 6.10. The Balaban J connectivity index is 1.55. The molecule has 0 spiro atoms. The van der Waals surface area contributed by atoms with Gasteiger partial charge in [0, 0.05) is 12.8 Å². The van der Waals surface area contributed by atoms with Gasteiger partial charge in [-0.2, -0.15) is 0 Å². The lowest BCUT2D eigenvalue weighted by Gasteiger charge is -2.29. The minimum absolute atomic E-state index is 0.0317. The van der Waals surface area contributed by atoms with Crippen LogP contribution in [0, 0.1) is 0 Å². The van der Waals surface area contributed by atoms with E-state index in [0.717, 1.165) is 5.56 Å². The van der Waals surface area contributed by atoms with E-state index in [1.54, 1.807) is 18.2 Å². The minimum Gasteiger partial charge on any atom is -0.350 e. The van der Waals surface area contributed by atoms with Crippen molar-refractivity contribution in [2.45, 2.75) is 45.6 Å². The summed E-state index contributed by atoms with van der Waals surface area (Å²) in [6.07, 6.45) is 0.125. The number of rotatable bonds is 6. The number of hydrogen-bond acceptors (Lipinski definition) is 3. The van der Waals surface area contributed by atoms with Crippen molar-refractivity contribution in [2.24, 2.45) is 0 Å². The van der Waals surface area contributed by atoms with Crippen LogP contribution in [-0.2, 0) is 14.4 Å². The van der Waals surface area contributed by atoms with Gasteiger partial charge >= 0.3 is 0 Å². The van der Waals surface area contributed by atoms with E-state index >= 15 is 0 Å². The summed E-state index contributed by atoms with van der Waals surface area (Å²) in [5.41, 5.74) is 3.55. The van der Waals surface area contributed by atoms with Gasteiger partial charge in [-0.3, -0.25) is 14.4 Å².